The van der Waals surface area contributed by atoms with E-state index in [1.807, 2.05) is 24.3 Å². The van der Waals surface area contributed by atoms with Crippen molar-refractivity contribution in [1.29, 1.82) is 0 Å². The van der Waals surface area contributed by atoms with Crippen LogP contribution in [0.5, 0.6) is 0 Å². The van der Waals surface area contributed by atoms with Gasteiger partial charge in [0.15, 0.2) is 0 Å². The van der Waals surface area contributed by atoms with Crippen LogP contribution < -0.4 is 0 Å². The van der Waals surface area contributed by atoms with Gasteiger partial charge in [-0.25, -0.2) is 0 Å². The number of carbonyl (C=O) groups excluding carboxylic acids is 2. The lowest BCUT2D eigenvalue weighted by atomic mass is 10.1. The summed E-state index contributed by atoms with van der Waals surface area (Å²) >= 11 is 4.82. The normalized spacial score (nSPS) is 13.3. The van der Waals surface area contributed by atoms with Crippen molar-refractivity contribution in [2.45, 2.75) is 11.6 Å². The first-order chi connectivity index (χ1) is 13.1. The van der Waals surface area contributed by atoms with E-state index in [4.69, 9.17) is 4.42 Å². The van der Waals surface area contributed by atoms with Gasteiger partial charge in [0.25, 0.3) is 17.0 Å². The molecule has 0 unspecified atom stereocenters. The molecule has 136 valence electrons. The first-order valence-electron chi connectivity index (χ1n) is 8.31. The van der Waals surface area contributed by atoms with E-state index in [0.717, 1.165) is 10.0 Å². The quantitative estimate of drug-likeness (QED) is 0.321. The first-order valence-corrected chi connectivity index (χ1v) is 10.1. The maximum atomic E-state index is 12.3. The SMILES string of the molecule is O=C1c2ccccc2C(=O)N1CCCSc1nnc(-c2cccc(Br)c2)o1. The number of aromatic nitrogens is 2. The van der Waals surface area contributed by atoms with Crippen LogP contribution in [0.1, 0.15) is 27.1 Å². The molecule has 0 N–H and O–H groups in total. The van der Waals surface area contributed by atoms with E-state index in [9.17, 15) is 9.59 Å². The number of halogens is 1. The van der Waals surface area contributed by atoms with Gasteiger partial charge in [0.2, 0.25) is 5.89 Å². The molecule has 4 rings (SSSR count). The molecule has 1 aliphatic heterocycles. The fraction of sp³-hybridized carbons (Fsp3) is 0.158. The number of hydrogen-bond donors (Lipinski definition) is 0. The fourth-order valence-electron chi connectivity index (χ4n) is 2.83. The highest BCUT2D eigenvalue weighted by Gasteiger charge is 2.34. The zero-order chi connectivity index (χ0) is 18.8. The van der Waals surface area contributed by atoms with Gasteiger partial charge in [-0.05, 0) is 36.8 Å². The number of imide groups is 1. The summed E-state index contributed by atoms with van der Waals surface area (Å²) in [6.45, 7) is 0.367. The van der Waals surface area contributed by atoms with Crippen LogP contribution in [0.4, 0.5) is 0 Å². The van der Waals surface area contributed by atoms with Crippen LogP contribution in [-0.2, 0) is 0 Å². The lowest BCUT2D eigenvalue weighted by Crippen LogP contribution is -2.30. The number of benzene rings is 2. The van der Waals surface area contributed by atoms with Crippen LogP contribution in [0.25, 0.3) is 11.5 Å². The van der Waals surface area contributed by atoms with Crippen LogP contribution in [-0.4, -0.2) is 39.2 Å². The Bertz CT molecular complexity index is 986. The van der Waals surface area contributed by atoms with Gasteiger partial charge in [0.1, 0.15) is 0 Å². The van der Waals surface area contributed by atoms with Gasteiger partial charge in [-0.3, -0.25) is 14.5 Å². The van der Waals surface area contributed by atoms with Gasteiger partial charge < -0.3 is 4.42 Å². The van der Waals surface area contributed by atoms with Crippen molar-refractivity contribution >= 4 is 39.5 Å². The molecule has 0 saturated heterocycles. The number of amides is 2. The minimum absolute atomic E-state index is 0.227. The monoisotopic (exact) mass is 443 g/mol. The molecule has 6 nitrogen and oxygen atoms in total. The molecule has 0 spiro atoms. The Morgan fingerprint density at radius 2 is 1.74 bits per heavy atom. The molecule has 0 bridgehead atoms. The predicted octanol–water partition coefficient (Wildman–Crippen LogP) is 4.28. The van der Waals surface area contributed by atoms with Crippen LogP contribution in [0.2, 0.25) is 0 Å². The van der Waals surface area contributed by atoms with Crippen molar-refractivity contribution in [1.82, 2.24) is 15.1 Å². The van der Waals surface area contributed by atoms with E-state index < -0.39 is 0 Å². The number of nitrogens with zero attached hydrogens (tertiary/aromatic N) is 3. The molecule has 1 aliphatic rings. The summed E-state index contributed by atoms with van der Waals surface area (Å²) in [6, 6.07) is 14.5. The minimum Gasteiger partial charge on any atom is -0.411 e. The molecule has 8 heteroatoms. The second-order valence-electron chi connectivity index (χ2n) is 5.89. The van der Waals surface area contributed by atoms with Crippen molar-refractivity contribution in [3.05, 3.63) is 64.1 Å². The van der Waals surface area contributed by atoms with Gasteiger partial charge in [0.05, 0.1) is 11.1 Å². The van der Waals surface area contributed by atoms with Gasteiger partial charge >= 0.3 is 0 Å². The molecule has 2 heterocycles. The summed E-state index contributed by atoms with van der Waals surface area (Å²) in [5, 5.41) is 8.56. The second kappa shape index (κ2) is 7.66. The molecule has 2 aromatic carbocycles. The third-order valence-electron chi connectivity index (χ3n) is 4.11. The molecule has 0 saturated carbocycles. The number of thioether (sulfide) groups is 1. The zero-order valence-electron chi connectivity index (χ0n) is 14.1. The fourth-order valence-corrected chi connectivity index (χ4v) is 3.91. The molecule has 0 aliphatic carbocycles. The molecule has 0 fully saturated rings. The van der Waals surface area contributed by atoms with Crippen LogP contribution in [0.15, 0.2) is 62.6 Å². The zero-order valence-corrected chi connectivity index (χ0v) is 16.5. The maximum Gasteiger partial charge on any atom is 0.276 e. The molecule has 2 amide bonds. The Kier molecular flexibility index (Phi) is 5.09. The van der Waals surface area contributed by atoms with E-state index in [-0.39, 0.29) is 11.8 Å². The minimum atomic E-state index is -0.227. The number of carbonyl (C=O) groups is 2. The van der Waals surface area contributed by atoms with Gasteiger partial charge in [-0.15, -0.1) is 10.2 Å². The Hall–Kier alpha value is -2.45. The van der Waals surface area contributed by atoms with E-state index in [2.05, 4.69) is 26.1 Å². The summed E-state index contributed by atoms with van der Waals surface area (Å²) < 4.78 is 6.60. The Balaban J connectivity index is 1.31. The lowest BCUT2D eigenvalue weighted by molar-refractivity contribution is 0.0655. The highest BCUT2D eigenvalue weighted by atomic mass is 79.9. The third-order valence-corrected chi connectivity index (χ3v) is 5.51. The van der Waals surface area contributed by atoms with E-state index in [0.29, 0.717) is 41.0 Å². The van der Waals surface area contributed by atoms with Crippen molar-refractivity contribution in [2.24, 2.45) is 0 Å². The van der Waals surface area contributed by atoms with Crippen LogP contribution in [0.3, 0.4) is 0 Å². The standard InChI is InChI=1S/C19H14BrN3O3S/c20-13-6-3-5-12(11-13)16-21-22-19(26-16)27-10-4-9-23-17(24)14-7-1-2-8-15(14)18(23)25/h1-3,5-8,11H,4,9-10H2. The molecule has 0 atom stereocenters. The van der Waals surface area contributed by atoms with Gasteiger partial charge in [-0.1, -0.05) is 45.9 Å². The molecular weight excluding hydrogens is 430 g/mol. The molecule has 3 aromatic rings. The second-order valence-corrected chi connectivity index (χ2v) is 7.85. The summed E-state index contributed by atoms with van der Waals surface area (Å²) in [4.78, 5) is 25.9. The number of rotatable bonds is 6. The van der Waals surface area contributed by atoms with Crippen molar-refractivity contribution in [3.63, 3.8) is 0 Å². The summed E-state index contributed by atoms with van der Waals surface area (Å²) in [5.74, 6) is 0.665. The van der Waals surface area contributed by atoms with Crippen molar-refractivity contribution < 1.29 is 14.0 Å². The lowest BCUT2D eigenvalue weighted by Gasteiger charge is -2.12. The summed E-state index contributed by atoms with van der Waals surface area (Å²) in [6.07, 6.45) is 0.644. The first kappa shape index (κ1) is 17.9. The maximum absolute atomic E-state index is 12.3. The summed E-state index contributed by atoms with van der Waals surface area (Å²) in [7, 11) is 0. The van der Waals surface area contributed by atoms with E-state index in [1.54, 1.807) is 24.3 Å². The average Bonchev–Trinajstić information content (AvgIpc) is 3.24. The third kappa shape index (κ3) is 3.68. The topological polar surface area (TPSA) is 76.3 Å². The molecule has 1 aromatic heterocycles. The van der Waals surface area contributed by atoms with Gasteiger partial charge in [-0.2, -0.15) is 0 Å². The number of hydrogen-bond acceptors (Lipinski definition) is 6. The van der Waals surface area contributed by atoms with Crippen molar-refractivity contribution in [3.8, 4) is 11.5 Å². The molecular formula is C19H14BrN3O3S. The Morgan fingerprint density at radius 1 is 1.00 bits per heavy atom. The Morgan fingerprint density at radius 3 is 2.44 bits per heavy atom. The number of fused-ring (bicyclic) bond motifs is 1. The predicted molar refractivity (Wildman–Crippen MR) is 105 cm³/mol. The van der Waals surface area contributed by atoms with Crippen molar-refractivity contribution in [2.75, 3.05) is 12.3 Å². The van der Waals surface area contributed by atoms with E-state index in [1.165, 1.54) is 16.7 Å². The highest BCUT2D eigenvalue weighted by molar-refractivity contribution is 9.10. The van der Waals surface area contributed by atoms with Crippen LogP contribution in [0, 0.1) is 0 Å². The van der Waals surface area contributed by atoms with E-state index >= 15 is 0 Å². The average molecular weight is 444 g/mol. The highest BCUT2D eigenvalue weighted by Crippen LogP contribution is 2.26. The summed E-state index contributed by atoms with van der Waals surface area (Å²) in [5.41, 5.74) is 1.80. The Labute approximate surface area is 168 Å². The largest absolute Gasteiger partial charge is 0.411 e. The van der Waals surface area contributed by atoms with Gasteiger partial charge in [0, 0.05) is 22.3 Å². The molecule has 27 heavy (non-hydrogen) atoms. The van der Waals surface area contributed by atoms with Crippen LogP contribution >= 0.6 is 27.7 Å². The smallest absolute Gasteiger partial charge is 0.276 e. The molecule has 0 radical (unpaired) electrons.